The highest BCUT2D eigenvalue weighted by Crippen LogP contribution is 2.23. The highest BCUT2D eigenvalue weighted by atomic mass is 32.2. The zero-order chi connectivity index (χ0) is 21.3. The Bertz CT molecular complexity index is 1110. The third kappa shape index (κ3) is 3.86. The van der Waals surface area contributed by atoms with Gasteiger partial charge in [0.2, 0.25) is 5.91 Å². The summed E-state index contributed by atoms with van der Waals surface area (Å²) >= 11 is 1.02. The Morgan fingerprint density at radius 3 is 2.57 bits per heavy atom. The molecule has 3 amide bonds. The minimum Gasteiger partial charge on any atom is -0.322 e. The first-order valence-corrected chi connectivity index (χ1v) is 10.4. The number of amides is 3. The third-order valence-electron chi connectivity index (χ3n) is 4.97. The van der Waals surface area contributed by atoms with Gasteiger partial charge in [0.05, 0.1) is 29.7 Å². The van der Waals surface area contributed by atoms with Crippen LogP contribution in [-0.4, -0.2) is 37.3 Å². The molecule has 0 atom stereocenters. The molecule has 1 N–H and O–H groups in total. The number of carbonyl (C=O) groups excluding carboxylic acids is 3. The summed E-state index contributed by atoms with van der Waals surface area (Å²) in [5, 5.41) is 2.69. The largest absolute Gasteiger partial charge is 0.322 e. The zero-order valence-corrected chi connectivity index (χ0v) is 17.4. The van der Waals surface area contributed by atoms with E-state index in [1.54, 1.807) is 36.7 Å². The lowest BCUT2D eigenvalue weighted by molar-refractivity contribution is -0.125. The number of nitrogens with one attached hydrogen (secondary N) is 1. The number of anilines is 1. The van der Waals surface area contributed by atoms with Crippen molar-refractivity contribution in [1.82, 2.24) is 14.5 Å². The molecular weight excluding hydrogens is 400 g/mol. The van der Waals surface area contributed by atoms with Crippen LogP contribution in [-0.2, 0) is 11.3 Å². The highest BCUT2D eigenvalue weighted by molar-refractivity contribution is 8.14. The van der Waals surface area contributed by atoms with Crippen LogP contribution < -0.4 is 5.32 Å². The van der Waals surface area contributed by atoms with E-state index < -0.39 is 0 Å². The molecule has 0 radical (unpaired) electrons. The van der Waals surface area contributed by atoms with Crippen molar-refractivity contribution >= 4 is 34.5 Å². The number of thioether (sulfide) groups is 1. The van der Waals surface area contributed by atoms with Gasteiger partial charge in [-0.05, 0) is 49.7 Å². The number of rotatable bonds is 5. The van der Waals surface area contributed by atoms with Gasteiger partial charge in [-0.2, -0.15) is 0 Å². The van der Waals surface area contributed by atoms with Gasteiger partial charge in [0, 0.05) is 23.3 Å². The topological polar surface area (TPSA) is 84.3 Å². The Hall–Kier alpha value is -3.39. The van der Waals surface area contributed by atoms with Crippen LogP contribution in [0.4, 0.5) is 10.5 Å². The highest BCUT2D eigenvalue weighted by Gasteiger charge is 2.29. The van der Waals surface area contributed by atoms with Crippen molar-refractivity contribution in [3.05, 3.63) is 77.4 Å². The molecule has 0 saturated carbocycles. The van der Waals surface area contributed by atoms with Gasteiger partial charge in [-0.3, -0.25) is 24.3 Å². The molecule has 2 aromatic heterocycles. The first-order chi connectivity index (χ1) is 14.4. The van der Waals surface area contributed by atoms with Crippen molar-refractivity contribution in [2.24, 2.45) is 0 Å². The molecule has 1 aromatic carbocycles. The molecule has 1 fully saturated rings. The second-order valence-electron chi connectivity index (χ2n) is 7.02. The number of hydrogen-bond acceptors (Lipinski definition) is 5. The minimum atomic E-state index is -0.221. The van der Waals surface area contributed by atoms with Gasteiger partial charge in [-0.15, -0.1) is 0 Å². The number of nitrogens with zero attached hydrogens (tertiary/aromatic N) is 3. The summed E-state index contributed by atoms with van der Waals surface area (Å²) in [4.78, 5) is 41.7. The first-order valence-electron chi connectivity index (χ1n) is 9.41. The molecular formula is C22H20N4O3S. The molecule has 3 aromatic rings. The second kappa shape index (κ2) is 8.16. The Kier molecular flexibility index (Phi) is 5.41. The van der Waals surface area contributed by atoms with E-state index in [2.05, 4.69) is 10.3 Å². The normalized spacial score (nSPS) is 13.7. The summed E-state index contributed by atoms with van der Waals surface area (Å²) in [7, 11) is 0. The summed E-state index contributed by atoms with van der Waals surface area (Å²) < 4.78 is 1.99. The van der Waals surface area contributed by atoms with E-state index in [0.29, 0.717) is 11.3 Å². The molecule has 0 unspecified atom stereocenters. The molecule has 1 aliphatic rings. The summed E-state index contributed by atoms with van der Waals surface area (Å²) in [5.74, 6) is -0.177. The molecule has 3 heterocycles. The summed E-state index contributed by atoms with van der Waals surface area (Å²) in [6, 6.07) is 12.8. The number of carbonyl (C=O) groups is 3. The average molecular weight is 420 g/mol. The summed E-state index contributed by atoms with van der Waals surface area (Å²) in [5.41, 5.74) is 4.73. The Morgan fingerprint density at radius 1 is 1.17 bits per heavy atom. The smallest absolute Gasteiger partial charge is 0.289 e. The van der Waals surface area contributed by atoms with Crippen LogP contribution in [0.1, 0.15) is 27.3 Å². The monoisotopic (exact) mass is 420 g/mol. The molecule has 7 nitrogen and oxygen atoms in total. The fourth-order valence-electron chi connectivity index (χ4n) is 3.48. The number of pyridine rings is 1. The van der Waals surface area contributed by atoms with Crippen molar-refractivity contribution < 1.29 is 14.4 Å². The number of benzene rings is 1. The van der Waals surface area contributed by atoms with Crippen LogP contribution in [0, 0.1) is 13.8 Å². The predicted molar refractivity (Wildman–Crippen MR) is 116 cm³/mol. The van der Waals surface area contributed by atoms with Crippen LogP contribution >= 0.6 is 11.8 Å². The van der Waals surface area contributed by atoms with Crippen LogP contribution in [0.5, 0.6) is 0 Å². The molecule has 30 heavy (non-hydrogen) atoms. The van der Waals surface area contributed by atoms with Crippen molar-refractivity contribution in [2.45, 2.75) is 20.4 Å². The predicted octanol–water partition coefficient (Wildman–Crippen LogP) is 3.94. The van der Waals surface area contributed by atoms with Crippen LogP contribution in [0.25, 0.3) is 5.69 Å². The van der Waals surface area contributed by atoms with E-state index in [4.69, 9.17) is 0 Å². The van der Waals surface area contributed by atoms with Crippen molar-refractivity contribution in [1.29, 1.82) is 0 Å². The van der Waals surface area contributed by atoms with Gasteiger partial charge in [-0.25, -0.2) is 0 Å². The third-order valence-corrected chi connectivity index (χ3v) is 5.83. The van der Waals surface area contributed by atoms with Crippen molar-refractivity contribution in [3.8, 4) is 5.69 Å². The van der Waals surface area contributed by atoms with Gasteiger partial charge >= 0.3 is 0 Å². The first kappa shape index (κ1) is 19.9. The Labute approximate surface area is 178 Å². The second-order valence-corrected chi connectivity index (χ2v) is 7.94. The fraction of sp³-hybridized carbons (Fsp3) is 0.182. The SMILES string of the molecule is Cc1cc(C(=O)Nc2ccc(CN3C(=O)CSC3=O)cc2)c(C)n1-c1cccnc1. The summed E-state index contributed by atoms with van der Waals surface area (Å²) in [6.07, 6.45) is 3.47. The molecule has 0 aliphatic carbocycles. The van der Waals surface area contributed by atoms with Crippen molar-refractivity contribution in [2.75, 3.05) is 11.1 Å². The van der Waals surface area contributed by atoms with Crippen LogP contribution in [0.15, 0.2) is 54.9 Å². The Morgan fingerprint density at radius 2 is 1.93 bits per heavy atom. The van der Waals surface area contributed by atoms with E-state index in [9.17, 15) is 14.4 Å². The quantitative estimate of drug-likeness (QED) is 0.676. The number of imide groups is 1. The molecule has 0 spiro atoms. The molecule has 0 bridgehead atoms. The van der Waals surface area contributed by atoms with Gasteiger partial charge in [-0.1, -0.05) is 23.9 Å². The fourth-order valence-corrected chi connectivity index (χ4v) is 4.21. The number of hydrogen-bond donors (Lipinski definition) is 1. The van der Waals surface area contributed by atoms with E-state index in [1.807, 2.05) is 36.6 Å². The maximum Gasteiger partial charge on any atom is 0.289 e. The molecule has 152 valence electrons. The van der Waals surface area contributed by atoms with Crippen LogP contribution in [0.3, 0.4) is 0 Å². The lowest BCUT2D eigenvalue weighted by Crippen LogP contribution is -2.27. The molecule has 8 heteroatoms. The van der Waals surface area contributed by atoms with E-state index >= 15 is 0 Å². The van der Waals surface area contributed by atoms with Gasteiger partial charge in [0.1, 0.15) is 0 Å². The van der Waals surface area contributed by atoms with E-state index in [1.165, 1.54) is 4.90 Å². The molecule has 1 saturated heterocycles. The van der Waals surface area contributed by atoms with E-state index in [0.717, 1.165) is 34.4 Å². The van der Waals surface area contributed by atoms with Crippen molar-refractivity contribution in [3.63, 3.8) is 0 Å². The number of aromatic nitrogens is 2. The lowest BCUT2D eigenvalue weighted by Gasteiger charge is -2.13. The minimum absolute atomic E-state index is 0.175. The standard InChI is InChI=1S/C22H20N4O3S/c1-14-10-19(15(2)26(14)18-4-3-9-23-11-18)21(28)24-17-7-5-16(6-8-17)12-25-20(27)13-30-22(25)29/h3-11H,12-13H2,1-2H3,(H,24,28). The molecule has 4 rings (SSSR count). The average Bonchev–Trinajstić information content (AvgIpc) is 3.22. The van der Waals surface area contributed by atoms with Crippen LogP contribution in [0.2, 0.25) is 0 Å². The van der Waals surface area contributed by atoms with Gasteiger partial charge in [0.15, 0.2) is 0 Å². The maximum atomic E-state index is 12.8. The lowest BCUT2D eigenvalue weighted by atomic mass is 10.1. The maximum absolute atomic E-state index is 12.8. The Balaban J connectivity index is 1.48. The zero-order valence-electron chi connectivity index (χ0n) is 16.6. The summed E-state index contributed by atoms with van der Waals surface area (Å²) in [6.45, 7) is 4.09. The molecule has 1 aliphatic heterocycles. The van der Waals surface area contributed by atoms with Gasteiger partial charge in [0.25, 0.3) is 11.1 Å². The van der Waals surface area contributed by atoms with E-state index in [-0.39, 0.29) is 29.4 Å². The van der Waals surface area contributed by atoms with Gasteiger partial charge < -0.3 is 9.88 Å². The number of aryl methyl sites for hydroxylation is 1.